The second kappa shape index (κ2) is 4.47. The lowest BCUT2D eigenvalue weighted by Gasteiger charge is -2.30. The molecule has 1 aliphatic rings. The van der Waals surface area contributed by atoms with Crippen LogP contribution in [0.25, 0.3) is 0 Å². The van der Waals surface area contributed by atoms with E-state index in [2.05, 4.69) is 4.90 Å². The lowest BCUT2D eigenvalue weighted by molar-refractivity contribution is 0.122. The van der Waals surface area contributed by atoms with Crippen molar-refractivity contribution >= 4 is 34.6 Å². The van der Waals surface area contributed by atoms with Gasteiger partial charge in [0.2, 0.25) is 0 Å². The molecule has 1 heterocycles. The first kappa shape index (κ1) is 10.9. The maximum Gasteiger partial charge on any atom is 0.0748 e. The molecule has 0 aliphatic carbocycles. The average Bonchev–Trinajstić information content (AvgIpc) is 2.17. The molecule has 1 aromatic carbocycles. The number of nitrogens with zero attached hydrogens (tertiary/aromatic N) is 1. The lowest BCUT2D eigenvalue weighted by Crippen LogP contribution is -2.36. The molecule has 0 atom stereocenters. The third kappa shape index (κ3) is 2.30. The van der Waals surface area contributed by atoms with E-state index in [1.165, 1.54) is 0 Å². The molecule has 0 unspecified atom stereocenters. The minimum atomic E-state index is 0.335. The first-order chi connectivity index (χ1) is 7.18. The number of morpholine rings is 1. The van der Waals surface area contributed by atoms with Gasteiger partial charge in [0.05, 0.1) is 34.6 Å². The fourth-order valence-corrected chi connectivity index (χ4v) is 2.38. The maximum atomic E-state index is 7.48. The molecule has 0 saturated carbocycles. The Morgan fingerprint density at radius 1 is 1.13 bits per heavy atom. The molecule has 0 aromatic heterocycles. The Kier molecular flexibility index (Phi) is 3.24. The molecule has 1 fully saturated rings. The largest absolute Gasteiger partial charge is 0.378 e. The third-order valence-electron chi connectivity index (χ3n) is 2.34. The molecule has 0 bridgehead atoms. The smallest absolute Gasteiger partial charge is 0.0748 e. The predicted molar refractivity (Wildman–Crippen MR) is 62.3 cm³/mol. The summed E-state index contributed by atoms with van der Waals surface area (Å²) in [5, 5.41) is 1.07. The number of hydrogen-bond donors (Lipinski definition) is 0. The minimum absolute atomic E-state index is 0.335. The van der Waals surface area contributed by atoms with Gasteiger partial charge in [-0.15, -0.1) is 0 Å². The van der Waals surface area contributed by atoms with Crippen LogP contribution < -0.4 is 10.6 Å². The van der Waals surface area contributed by atoms with E-state index < -0.39 is 0 Å². The molecular formula is C10H11Cl2N2O. The van der Waals surface area contributed by atoms with Gasteiger partial charge in [-0.25, -0.2) is 0 Å². The summed E-state index contributed by atoms with van der Waals surface area (Å²) >= 11 is 12.2. The second-order valence-corrected chi connectivity index (χ2v) is 4.20. The van der Waals surface area contributed by atoms with Crippen molar-refractivity contribution in [1.29, 1.82) is 0 Å². The summed E-state index contributed by atoms with van der Waals surface area (Å²) in [4.78, 5) is 2.09. The van der Waals surface area contributed by atoms with Crippen molar-refractivity contribution in [2.24, 2.45) is 0 Å². The highest BCUT2D eigenvalue weighted by Gasteiger charge is 2.17. The van der Waals surface area contributed by atoms with Crippen LogP contribution in [-0.4, -0.2) is 26.3 Å². The Labute approximate surface area is 98.7 Å². The Morgan fingerprint density at radius 2 is 1.67 bits per heavy atom. The summed E-state index contributed by atoms with van der Waals surface area (Å²) in [5.41, 5.74) is 8.63. The van der Waals surface area contributed by atoms with Gasteiger partial charge in [0.15, 0.2) is 0 Å². The maximum absolute atomic E-state index is 7.48. The van der Waals surface area contributed by atoms with Gasteiger partial charge in [-0.1, -0.05) is 23.2 Å². The van der Waals surface area contributed by atoms with E-state index >= 15 is 0 Å². The summed E-state index contributed by atoms with van der Waals surface area (Å²) in [7, 11) is 0. The van der Waals surface area contributed by atoms with Gasteiger partial charge >= 0.3 is 0 Å². The van der Waals surface area contributed by atoms with E-state index in [0.717, 1.165) is 18.8 Å². The molecule has 15 heavy (non-hydrogen) atoms. The van der Waals surface area contributed by atoms with Gasteiger partial charge in [-0.3, -0.25) is 0 Å². The first-order valence-corrected chi connectivity index (χ1v) is 5.47. The van der Waals surface area contributed by atoms with Gasteiger partial charge < -0.3 is 15.4 Å². The Bertz CT molecular complexity index is 341. The highest BCUT2D eigenvalue weighted by Crippen LogP contribution is 2.36. The van der Waals surface area contributed by atoms with Crippen molar-refractivity contribution < 1.29 is 4.74 Å². The fourth-order valence-electron chi connectivity index (χ4n) is 1.65. The van der Waals surface area contributed by atoms with Gasteiger partial charge in [0, 0.05) is 13.1 Å². The molecule has 0 amide bonds. The highest BCUT2D eigenvalue weighted by molar-refractivity contribution is 6.39. The van der Waals surface area contributed by atoms with Gasteiger partial charge in [-0.2, -0.15) is 0 Å². The van der Waals surface area contributed by atoms with Crippen molar-refractivity contribution in [1.82, 2.24) is 5.73 Å². The van der Waals surface area contributed by atoms with Crippen molar-refractivity contribution in [3.05, 3.63) is 22.2 Å². The van der Waals surface area contributed by atoms with E-state index in [0.29, 0.717) is 28.9 Å². The number of anilines is 1. The summed E-state index contributed by atoms with van der Waals surface area (Å²) in [6, 6.07) is 3.22. The van der Waals surface area contributed by atoms with Crippen molar-refractivity contribution in [2.75, 3.05) is 31.2 Å². The van der Waals surface area contributed by atoms with Gasteiger partial charge in [0.1, 0.15) is 0 Å². The summed E-state index contributed by atoms with van der Waals surface area (Å²) in [6.07, 6.45) is 0. The predicted octanol–water partition coefficient (Wildman–Crippen LogP) is 2.74. The standard InChI is InChI=1S/C10H11Cl2N2O/c11-8-5-7(13)6-9(12)10(8)14-1-3-15-4-2-14/h5-6,13H,1-4H2. The first-order valence-electron chi connectivity index (χ1n) is 4.72. The van der Waals surface area contributed by atoms with Gasteiger partial charge in [-0.05, 0) is 12.1 Å². The molecule has 3 nitrogen and oxygen atoms in total. The Balaban J connectivity index is 2.33. The van der Waals surface area contributed by atoms with Crippen molar-refractivity contribution in [2.45, 2.75) is 0 Å². The molecule has 1 radical (unpaired) electrons. The number of benzene rings is 1. The minimum Gasteiger partial charge on any atom is -0.378 e. The topological polar surface area (TPSA) is 36.3 Å². The molecule has 81 valence electrons. The Morgan fingerprint density at radius 3 is 2.20 bits per heavy atom. The quantitative estimate of drug-likeness (QED) is 0.763. The molecule has 2 rings (SSSR count). The van der Waals surface area contributed by atoms with Crippen LogP contribution in [0.4, 0.5) is 11.4 Å². The van der Waals surface area contributed by atoms with E-state index in [-0.39, 0.29) is 0 Å². The zero-order valence-corrected chi connectivity index (χ0v) is 9.61. The monoisotopic (exact) mass is 245 g/mol. The van der Waals surface area contributed by atoms with Crippen LogP contribution in [0, 0.1) is 0 Å². The molecule has 5 heteroatoms. The molecule has 1 aliphatic heterocycles. The molecular weight excluding hydrogens is 235 g/mol. The summed E-state index contributed by atoms with van der Waals surface area (Å²) in [5.74, 6) is 0. The second-order valence-electron chi connectivity index (χ2n) is 3.39. The molecule has 0 spiro atoms. The van der Waals surface area contributed by atoms with E-state index in [9.17, 15) is 0 Å². The van der Waals surface area contributed by atoms with Crippen LogP contribution in [0.1, 0.15) is 0 Å². The number of rotatable bonds is 1. The molecule has 1 saturated heterocycles. The summed E-state index contributed by atoms with van der Waals surface area (Å²) < 4.78 is 5.26. The Hall–Kier alpha value is -0.640. The van der Waals surface area contributed by atoms with Crippen LogP contribution in [0.15, 0.2) is 12.1 Å². The van der Waals surface area contributed by atoms with Crippen molar-refractivity contribution in [3.63, 3.8) is 0 Å². The van der Waals surface area contributed by atoms with Crippen LogP contribution in [0.2, 0.25) is 10.0 Å². The average molecular weight is 246 g/mol. The number of hydrogen-bond acceptors (Lipinski definition) is 2. The highest BCUT2D eigenvalue weighted by atomic mass is 35.5. The molecule has 1 aromatic rings. The fraction of sp³-hybridized carbons (Fsp3) is 0.400. The summed E-state index contributed by atoms with van der Waals surface area (Å²) in [6.45, 7) is 2.96. The lowest BCUT2D eigenvalue weighted by atomic mass is 10.2. The van der Waals surface area contributed by atoms with Crippen molar-refractivity contribution in [3.8, 4) is 0 Å². The van der Waals surface area contributed by atoms with Gasteiger partial charge in [0.25, 0.3) is 0 Å². The number of nitrogens with one attached hydrogen (secondary N) is 1. The SMILES string of the molecule is [NH]c1cc(Cl)c(N2CCOCC2)c(Cl)c1. The third-order valence-corrected chi connectivity index (χ3v) is 2.92. The zero-order valence-electron chi connectivity index (χ0n) is 8.09. The zero-order chi connectivity index (χ0) is 10.8. The number of halogens is 2. The van der Waals surface area contributed by atoms with E-state index in [4.69, 9.17) is 33.7 Å². The van der Waals surface area contributed by atoms with Crippen LogP contribution in [-0.2, 0) is 4.74 Å². The van der Waals surface area contributed by atoms with E-state index in [1.807, 2.05) is 0 Å². The molecule has 1 N–H and O–H groups in total. The van der Waals surface area contributed by atoms with Crippen LogP contribution >= 0.6 is 23.2 Å². The van der Waals surface area contributed by atoms with Crippen LogP contribution in [0.3, 0.4) is 0 Å². The van der Waals surface area contributed by atoms with Crippen LogP contribution in [0.5, 0.6) is 0 Å². The van der Waals surface area contributed by atoms with E-state index in [1.54, 1.807) is 12.1 Å². The number of ether oxygens (including phenoxy) is 1. The normalized spacial score (nSPS) is 16.8.